The number of aromatic nitrogens is 4. The third-order valence-corrected chi connectivity index (χ3v) is 5.05. The summed E-state index contributed by atoms with van der Waals surface area (Å²) < 4.78 is 5.92. The quantitative estimate of drug-likeness (QED) is 0.451. The summed E-state index contributed by atoms with van der Waals surface area (Å²) >= 11 is 0. The van der Waals surface area contributed by atoms with Gasteiger partial charge in [0.25, 0.3) is 0 Å². The van der Waals surface area contributed by atoms with Crippen LogP contribution < -0.4 is 10.5 Å². The number of hydrogen-bond acceptors (Lipinski definition) is 5. The van der Waals surface area contributed by atoms with Gasteiger partial charge in [-0.15, -0.1) is 0 Å². The van der Waals surface area contributed by atoms with Crippen molar-refractivity contribution in [2.75, 3.05) is 6.61 Å². The number of nitrogens with two attached hydrogens (primary N) is 1. The van der Waals surface area contributed by atoms with Crippen LogP contribution in [-0.2, 0) is 6.42 Å². The predicted octanol–water partition coefficient (Wildman–Crippen LogP) is 4.12. The monoisotopic (exact) mass is 395 g/mol. The van der Waals surface area contributed by atoms with E-state index in [-0.39, 0.29) is 6.04 Å². The first-order chi connectivity index (χ1) is 14.7. The van der Waals surface area contributed by atoms with Crippen molar-refractivity contribution in [1.82, 2.24) is 19.9 Å². The van der Waals surface area contributed by atoms with Gasteiger partial charge < -0.3 is 15.5 Å². The Balaban J connectivity index is 1.27. The summed E-state index contributed by atoms with van der Waals surface area (Å²) in [6.07, 6.45) is 7.82. The molecule has 0 saturated heterocycles. The van der Waals surface area contributed by atoms with Crippen molar-refractivity contribution in [3.63, 3.8) is 0 Å². The molecule has 30 heavy (non-hydrogen) atoms. The Kier molecular flexibility index (Phi) is 4.83. The van der Waals surface area contributed by atoms with Crippen LogP contribution in [0.1, 0.15) is 5.82 Å². The Hall–Kier alpha value is -3.77. The summed E-state index contributed by atoms with van der Waals surface area (Å²) in [6.45, 7) is 0.381. The molecule has 0 spiro atoms. The number of pyridine rings is 2. The van der Waals surface area contributed by atoms with Gasteiger partial charge in [-0.2, -0.15) is 0 Å². The minimum atomic E-state index is -0.178. The zero-order valence-corrected chi connectivity index (χ0v) is 16.3. The van der Waals surface area contributed by atoms with Crippen molar-refractivity contribution >= 4 is 21.8 Å². The maximum absolute atomic E-state index is 6.28. The first-order valence-corrected chi connectivity index (χ1v) is 9.86. The summed E-state index contributed by atoms with van der Waals surface area (Å²) in [5, 5.41) is 2.25. The highest BCUT2D eigenvalue weighted by atomic mass is 16.5. The lowest BCUT2D eigenvalue weighted by Crippen LogP contribution is -2.30. The van der Waals surface area contributed by atoms with Gasteiger partial charge in [0.05, 0.1) is 17.2 Å². The number of benzene rings is 2. The molecule has 5 aromatic rings. The standard InChI is InChI=1S/C24H21N5O/c25-20(11-24-28-22-3-1-2-4-23(22)29-24)15-30-21-10-19(13-27-14-21)16-5-6-18-12-26-8-7-17(18)9-16/h1-10,12-14,20H,11,15,25H2,(H,28,29). The number of rotatable bonds is 6. The highest BCUT2D eigenvalue weighted by Crippen LogP contribution is 2.26. The van der Waals surface area contributed by atoms with E-state index in [9.17, 15) is 0 Å². The normalized spacial score (nSPS) is 12.3. The maximum atomic E-state index is 6.28. The molecule has 0 fully saturated rings. The number of nitrogens with one attached hydrogen (secondary N) is 1. The molecule has 6 heteroatoms. The first kappa shape index (κ1) is 18.3. The van der Waals surface area contributed by atoms with Crippen LogP contribution in [-0.4, -0.2) is 32.6 Å². The molecule has 1 unspecified atom stereocenters. The van der Waals surface area contributed by atoms with E-state index in [0.717, 1.165) is 38.8 Å². The number of nitrogens with zero attached hydrogens (tertiary/aromatic N) is 3. The van der Waals surface area contributed by atoms with Crippen molar-refractivity contribution in [3.8, 4) is 16.9 Å². The summed E-state index contributed by atoms with van der Waals surface area (Å²) in [5.74, 6) is 1.56. The number of ether oxygens (including phenoxy) is 1. The number of aromatic amines is 1. The molecule has 5 rings (SSSR count). The lowest BCUT2D eigenvalue weighted by atomic mass is 10.0. The van der Waals surface area contributed by atoms with E-state index in [4.69, 9.17) is 10.5 Å². The largest absolute Gasteiger partial charge is 0.490 e. The van der Waals surface area contributed by atoms with Gasteiger partial charge in [0.1, 0.15) is 18.2 Å². The topological polar surface area (TPSA) is 89.7 Å². The summed E-state index contributed by atoms with van der Waals surface area (Å²) in [7, 11) is 0. The molecule has 6 nitrogen and oxygen atoms in total. The van der Waals surface area contributed by atoms with E-state index >= 15 is 0 Å². The summed E-state index contributed by atoms with van der Waals surface area (Å²) in [5.41, 5.74) is 10.3. The molecule has 3 aromatic heterocycles. The highest BCUT2D eigenvalue weighted by molar-refractivity contribution is 5.86. The van der Waals surface area contributed by atoms with Crippen LogP contribution in [0.4, 0.5) is 0 Å². The van der Waals surface area contributed by atoms with Crippen LogP contribution in [0.3, 0.4) is 0 Å². The number of hydrogen-bond donors (Lipinski definition) is 2. The number of fused-ring (bicyclic) bond motifs is 2. The highest BCUT2D eigenvalue weighted by Gasteiger charge is 2.10. The van der Waals surface area contributed by atoms with E-state index in [1.54, 1.807) is 12.4 Å². The van der Waals surface area contributed by atoms with E-state index in [1.165, 1.54) is 0 Å². The van der Waals surface area contributed by atoms with E-state index in [1.807, 2.05) is 48.8 Å². The van der Waals surface area contributed by atoms with Gasteiger partial charge in [-0.3, -0.25) is 9.97 Å². The third-order valence-electron chi connectivity index (χ3n) is 5.05. The van der Waals surface area contributed by atoms with Crippen LogP contribution in [0.25, 0.3) is 32.9 Å². The molecule has 0 aliphatic rings. The first-order valence-electron chi connectivity index (χ1n) is 9.86. The molecule has 0 bridgehead atoms. The predicted molar refractivity (Wildman–Crippen MR) is 118 cm³/mol. The van der Waals surface area contributed by atoms with Gasteiger partial charge in [-0.25, -0.2) is 4.98 Å². The average molecular weight is 395 g/mol. The Morgan fingerprint density at radius 3 is 2.77 bits per heavy atom. The van der Waals surface area contributed by atoms with Crippen molar-refractivity contribution in [2.45, 2.75) is 12.5 Å². The van der Waals surface area contributed by atoms with Gasteiger partial charge in [0.15, 0.2) is 0 Å². The fraction of sp³-hybridized carbons (Fsp3) is 0.125. The van der Waals surface area contributed by atoms with Crippen LogP contribution in [0.5, 0.6) is 5.75 Å². The van der Waals surface area contributed by atoms with Crippen LogP contribution in [0.2, 0.25) is 0 Å². The molecule has 0 aliphatic carbocycles. The maximum Gasteiger partial charge on any atom is 0.138 e. The summed E-state index contributed by atoms with van der Waals surface area (Å²) in [6, 6.07) is 18.0. The van der Waals surface area contributed by atoms with Crippen molar-refractivity contribution in [3.05, 3.63) is 85.2 Å². The molecule has 0 radical (unpaired) electrons. The Bertz CT molecular complexity index is 1280. The molecule has 1 atom stereocenters. The molecular weight excluding hydrogens is 374 g/mol. The second kappa shape index (κ2) is 7.93. The molecule has 0 saturated carbocycles. The van der Waals surface area contributed by atoms with Gasteiger partial charge >= 0.3 is 0 Å². The van der Waals surface area contributed by atoms with Crippen molar-refractivity contribution < 1.29 is 4.74 Å². The fourth-order valence-corrected chi connectivity index (χ4v) is 3.53. The minimum absolute atomic E-state index is 0.178. The molecular formula is C24H21N5O. The molecule has 3 heterocycles. The second-order valence-electron chi connectivity index (χ2n) is 7.32. The lowest BCUT2D eigenvalue weighted by Gasteiger charge is -2.13. The lowest BCUT2D eigenvalue weighted by molar-refractivity contribution is 0.285. The zero-order chi connectivity index (χ0) is 20.3. The second-order valence-corrected chi connectivity index (χ2v) is 7.32. The van der Waals surface area contributed by atoms with Gasteiger partial charge in [0, 0.05) is 42.0 Å². The SMILES string of the molecule is NC(COc1cncc(-c2ccc3cnccc3c2)c1)Cc1nc2ccccc2[nH]1. The van der Waals surface area contributed by atoms with Gasteiger partial charge in [-0.05, 0) is 41.3 Å². The van der Waals surface area contributed by atoms with Gasteiger partial charge in [-0.1, -0.05) is 24.3 Å². The zero-order valence-electron chi connectivity index (χ0n) is 16.3. The number of H-pyrrole nitrogens is 1. The van der Waals surface area contributed by atoms with E-state index in [0.29, 0.717) is 18.8 Å². The Labute approximate surface area is 173 Å². The molecule has 0 amide bonds. The number of imidazole rings is 1. The Morgan fingerprint density at radius 2 is 1.83 bits per heavy atom. The van der Waals surface area contributed by atoms with E-state index in [2.05, 4.69) is 38.1 Å². The van der Waals surface area contributed by atoms with Crippen molar-refractivity contribution in [2.24, 2.45) is 5.73 Å². The van der Waals surface area contributed by atoms with Crippen LogP contribution in [0.15, 0.2) is 79.4 Å². The minimum Gasteiger partial charge on any atom is -0.490 e. The van der Waals surface area contributed by atoms with Crippen molar-refractivity contribution in [1.29, 1.82) is 0 Å². The van der Waals surface area contributed by atoms with Crippen LogP contribution >= 0.6 is 0 Å². The van der Waals surface area contributed by atoms with Gasteiger partial charge in [0.2, 0.25) is 0 Å². The third kappa shape index (κ3) is 3.86. The Morgan fingerprint density at radius 1 is 0.900 bits per heavy atom. The smallest absolute Gasteiger partial charge is 0.138 e. The van der Waals surface area contributed by atoms with Crippen LogP contribution in [0, 0.1) is 0 Å². The molecule has 3 N–H and O–H groups in total. The van der Waals surface area contributed by atoms with E-state index < -0.39 is 0 Å². The molecule has 0 aliphatic heterocycles. The molecule has 148 valence electrons. The summed E-state index contributed by atoms with van der Waals surface area (Å²) in [4.78, 5) is 16.4. The number of para-hydroxylation sites is 2. The fourth-order valence-electron chi connectivity index (χ4n) is 3.53. The molecule has 2 aromatic carbocycles. The average Bonchev–Trinajstić information content (AvgIpc) is 3.20.